The van der Waals surface area contributed by atoms with E-state index in [9.17, 15) is 0 Å². The van der Waals surface area contributed by atoms with Crippen molar-refractivity contribution in [2.75, 3.05) is 19.0 Å². The van der Waals surface area contributed by atoms with Crippen LogP contribution in [-0.4, -0.2) is 29.2 Å². The van der Waals surface area contributed by atoms with Crippen molar-refractivity contribution in [1.82, 2.24) is 9.97 Å². The first-order valence-corrected chi connectivity index (χ1v) is 5.62. The highest BCUT2D eigenvalue weighted by Gasteiger charge is 2.36. The summed E-state index contributed by atoms with van der Waals surface area (Å²) < 4.78 is 4.96. The molecule has 3 N–H and O–H groups in total. The SMILES string of the molecule is COc1ncc(Cl)c(NC2(CN)CCC2)n1. The van der Waals surface area contributed by atoms with Crippen LogP contribution in [0.2, 0.25) is 5.02 Å². The van der Waals surface area contributed by atoms with E-state index in [1.54, 1.807) is 0 Å². The average Bonchev–Trinajstić information content (AvgIpc) is 2.26. The predicted octanol–water partition coefficient (Wildman–Crippen LogP) is 1.43. The molecule has 5 nitrogen and oxygen atoms in total. The van der Waals surface area contributed by atoms with Crippen LogP contribution >= 0.6 is 11.6 Å². The first-order chi connectivity index (χ1) is 7.69. The quantitative estimate of drug-likeness (QED) is 0.836. The minimum Gasteiger partial charge on any atom is -0.467 e. The molecule has 88 valence electrons. The van der Waals surface area contributed by atoms with Gasteiger partial charge in [-0.05, 0) is 19.3 Å². The molecule has 2 rings (SSSR count). The van der Waals surface area contributed by atoms with Crippen molar-refractivity contribution in [3.63, 3.8) is 0 Å². The number of aromatic nitrogens is 2. The van der Waals surface area contributed by atoms with Crippen LogP contribution in [0.1, 0.15) is 19.3 Å². The molecule has 1 aliphatic carbocycles. The van der Waals surface area contributed by atoms with Gasteiger partial charge in [-0.2, -0.15) is 4.98 Å². The molecule has 1 aliphatic rings. The van der Waals surface area contributed by atoms with E-state index in [2.05, 4.69) is 15.3 Å². The topological polar surface area (TPSA) is 73.1 Å². The summed E-state index contributed by atoms with van der Waals surface area (Å²) in [5, 5.41) is 3.78. The summed E-state index contributed by atoms with van der Waals surface area (Å²) in [5.41, 5.74) is 5.70. The molecule has 1 saturated carbocycles. The minimum atomic E-state index is -0.0526. The maximum Gasteiger partial charge on any atom is 0.318 e. The number of nitrogens with two attached hydrogens (primary N) is 1. The third-order valence-electron chi connectivity index (χ3n) is 2.99. The van der Waals surface area contributed by atoms with Crippen LogP contribution < -0.4 is 15.8 Å². The number of hydrogen-bond donors (Lipinski definition) is 2. The lowest BCUT2D eigenvalue weighted by atomic mass is 9.77. The van der Waals surface area contributed by atoms with E-state index in [4.69, 9.17) is 22.1 Å². The summed E-state index contributed by atoms with van der Waals surface area (Å²) in [4.78, 5) is 8.09. The molecule has 0 bridgehead atoms. The van der Waals surface area contributed by atoms with Crippen molar-refractivity contribution in [3.8, 4) is 6.01 Å². The normalized spacial score (nSPS) is 17.7. The number of ether oxygens (including phenoxy) is 1. The van der Waals surface area contributed by atoms with Crippen molar-refractivity contribution in [2.24, 2.45) is 5.73 Å². The number of anilines is 1. The maximum absolute atomic E-state index is 6.01. The standard InChI is InChI=1S/C10H15ClN4O/c1-16-9-13-5-7(11)8(14-9)15-10(6-12)3-2-4-10/h5H,2-4,6,12H2,1H3,(H,13,14,15). The highest BCUT2D eigenvalue weighted by atomic mass is 35.5. The van der Waals surface area contributed by atoms with Crippen LogP contribution in [0, 0.1) is 0 Å². The van der Waals surface area contributed by atoms with Crippen molar-refractivity contribution in [3.05, 3.63) is 11.2 Å². The van der Waals surface area contributed by atoms with Crippen LogP contribution in [0.4, 0.5) is 5.82 Å². The van der Waals surface area contributed by atoms with E-state index in [-0.39, 0.29) is 5.54 Å². The van der Waals surface area contributed by atoms with Gasteiger partial charge in [0.2, 0.25) is 0 Å². The fourth-order valence-corrected chi connectivity index (χ4v) is 1.91. The van der Waals surface area contributed by atoms with Crippen molar-refractivity contribution in [1.29, 1.82) is 0 Å². The van der Waals surface area contributed by atoms with E-state index in [1.165, 1.54) is 19.7 Å². The Morgan fingerprint density at radius 1 is 1.62 bits per heavy atom. The predicted molar refractivity (Wildman–Crippen MR) is 62.9 cm³/mol. The average molecular weight is 243 g/mol. The van der Waals surface area contributed by atoms with Crippen LogP contribution in [0.3, 0.4) is 0 Å². The molecule has 0 spiro atoms. The van der Waals surface area contributed by atoms with E-state index in [1.807, 2.05) is 0 Å². The van der Waals surface area contributed by atoms with Crippen LogP contribution in [0.25, 0.3) is 0 Å². The summed E-state index contributed by atoms with van der Waals surface area (Å²) in [5.74, 6) is 0.596. The van der Waals surface area contributed by atoms with Crippen LogP contribution in [0.15, 0.2) is 6.20 Å². The molecule has 1 fully saturated rings. The third-order valence-corrected chi connectivity index (χ3v) is 3.27. The van der Waals surface area contributed by atoms with Gasteiger partial charge in [0.25, 0.3) is 0 Å². The molecule has 0 amide bonds. The van der Waals surface area contributed by atoms with Gasteiger partial charge in [0.1, 0.15) is 5.02 Å². The largest absolute Gasteiger partial charge is 0.467 e. The second kappa shape index (κ2) is 4.43. The van der Waals surface area contributed by atoms with E-state index in [0.717, 1.165) is 12.8 Å². The number of halogens is 1. The Bertz CT molecular complexity index is 376. The fraction of sp³-hybridized carbons (Fsp3) is 0.600. The maximum atomic E-state index is 6.01. The molecule has 0 aromatic carbocycles. The lowest BCUT2D eigenvalue weighted by Gasteiger charge is -2.42. The number of nitrogens with one attached hydrogen (secondary N) is 1. The second-order valence-corrected chi connectivity index (χ2v) is 4.42. The molecule has 0 aliphatic heterocycles. The van der Waals surface area contributed by atoms with Gasteiger partial charge >= 0.3 is 6.01 Å². The Morgan fingerprint density at radius 3 is 2.88 bits per heavy atom. The Balaban J connectivity index is 2.19. The van der Waals surface area contributed by atoms with Gasteiger partial charge in [-0.3, -0.25) is 0 Å². The zero-order valence-electron chi connectivity index (χ0n) is 9.16. The molecular weight excluding hydrogens is 228 g/mol. The molecule has 0 saturated heterocycles. The summed E-state index contributed by atoms with van der Waals surface area (Å²) in [6.07, 6.45) is 4.81. The van der Waals surface area contributed by atoms with Crippen molar-refractivity contribution >= 4 is 17.4 Å². The molecule has 1 aromatic heterocycles. The molecule has 0 radical (unpaired) electrons. The summed E-state index contributed by atoms with van der Waals surface area (Å²) in [6.45, 7) is 0.579. The number of rotatable bonds is 4. The molecule has 6 heteroatoms. The van der Waals surface area contributed by atoms with Gasteiger partial charge in [-0.25, -0.2) is 4.98 Å². The van der Waals surface area contributed by atoms with Crippen molar-refractivity contribution in [2.45, 2.75) is 24.8 Å². The second-order valence-electron chi connectivity index (χ2n) is 4.02. The van der Waals surface area contributed by atoms with Crippen LogP contribution in [0.5, 0.6) is 6.01 Å². The van der Waals surface area contributed by atoms with Gasteiger partial charge in [0.05, 0.1) is 18.8 Å². The first-order valence-electron chi connectivity index (χ1n) is 5.24. The van der Waals surface area contributed by atoms with Crippen LogP contribution in [-0.2, 0) is 0 Å². The lowest BCUT2D eigenvalue weighted by molar-refractivity contribution is 0.286. The molecule has 1 aromatic rings. The van der Waals surface area contributed by atoms with Gasteiger partial charge in [0.15, 0.2) is 5.82 Å². The number of methoxy groups -OCH3 is 1. The molecule has 0 unspecified atom stereocenters. The highest BCUT2D eigenvalue weighted by molar-refractivity contribution is 6.32. The zero-order chi connectivity index (χ0) is 11.6. The fourth-order valence-electron chi connectivity index (χ4n) is 1.77. The summed E-state index contributed by atoms with van der Waals surface area (Å²) >= 11 is 6.01. The Labute approximate surface area is 99.4 Å². The Morgan fingerprint density at radius 2 is 2.38 bits per heavy atom. The van der Waals surface area contributed by atoms with Gasteiger partial charge < -0.3 is 15.8 Å². The molecule has 0 atom stereocenters. The number of nitrogens with zero attached hydrogens (tertiary/aromatic N) is 2. The Hall–Kier alpha value is -1.07. The van der Waals surface area contributed by atoms with Gasteiger partial charge in [-0.15, -0.1) is 0 Å². The first kappa shape index (κ1) is 11.4. The smallest absolute Gasteiger partial charge is 0.318 e. The third kappa shape index (κ3) is 2.05. The molecular formula is C10H15ClN4O. The number of hydrogen-bond acceptors (Lipinski definition) is 5. The van der Waals surface area contributed by atoms with E-state index < -0.39 is 0 Å². The van der Waals surface area contributed by atoms with Gasteiger partial charge in [0, 0.05) is 6.54 Å². The Kier molecular flexibility index (Phi) is 3.16. The minimum absolute atomic E-state index is 0.0526. The molecule has 1 heterocycles. The highest BCUT2D eigenvalue weighted by Crippen LogP contribution is 2.35. The monoisotopic (exact) mass is 242 g/mol. The summed E-state index contributed by atoms with van der Waals surface area (Å²) in [7, 11) is 1.52. The van der Waals surface area contributed by atoms with Gasteiger partial charge in [-0.1, -0.05) is 11.6 Å². The zero-order valence-corrected chi connectivity index (χ0v) is 9.92. The molecule has 16 heavy (non-hydrogen) atoms. The summed E-state index contributed by atoms with van der Waals surface area (Å²) in [6, 6.07) is 0.304. The van der Waals surface area contributed by atoms with E-state index >= 15 is 0 Å². The van der Waals surface area contributed by atoms with Crippen molar-refractivity contribution < 1.29 is 4.74 Å². The van der Waals surface area contributed by atoms with E-state index in [0.29, 0.717) is 23.4 Å². The lowest BCUT2D eigenvalue weighted by Crippen LogP contribution is -2.51.